The van der Waals surface area contributed by atoms with Gasteiger partial charge < -0.3 is 15.0 Å². The van der Waals surface area contributed by atoms with Gasteiger partial charge in [-0.15, -0.1) is 0 Å². The first kappa shape index (κ1) is 19.4. The van der Waals surface area contributed by atoms with Crippen molar-refractivity contribution in [1.29, 1.82) is 0 Å². The Bertz CT molecular complexity index is 744. The Balaban J connectivity index is 1.51. The van der Waals surface area contributed by atoms with Crippen molar-refractivity contribution in [1.82, 2.24) is 20.0 Å². The number of carbonyl (C=O) groups is 2. The molecule has 146 valence electrons. The number of imidazole rings is 1. The lowest BCUT2D eigenvalue weighted by molar-refractivity contribution is -0.132. The molecule has 2 N–H and O–H groups in total. The molecule has 2 amide bonds. The number of rotatable bonds is 7. The minimum absolute atomic E-state index is 0.0314. The van der Waals surface area contributed by atoms with Crippen LogP contribution >= 0.6 is 0 Å². The number of nitrogens with zero attached hydrogens (tertiary/aromatic N) is 2. The molecule has 0 aromatic carbocycles. The maximum atomic E-state index is 12.6. The zero-order valence-corrected chi connectivity index (χ0v) is 16.3. The highest BCUT2D eigenvalue weighted by Crippen LogP contribution is 2.24. The van der Waals surface area contributed by atoms with E-state index < -0.39 is 6.04 Å². The number of carbonyl (C=O) groups excluding carboxylic acids is 2. The Morgan fingerprint density at radius 3 is 2.70 bits per heavy atom. The van der Waals surface area contributed by atoms with Crippen LogP contribution in [0.25, 0.3) is 5.65 Å². The average Bonchev–Trinajstić information content (AvgIpc) is 3.09. The van der Waals surface area contributed by atoms with Crippen LogP contribution in [-0.4, -0.2) is 33.8 Å². The van der Waals surface area contributed by atoms with Crippen LogP contribution in [-0.2, 0) is 16.0 Å². The van der Waals surface area contributed by atoms with E-state index in [1.807, 2.05) is 48.8 Å². The molecule has 6 nitrogen and oxygen atoms in total. The zero-order valence-electron chi connectivity index (χ0n) is 16.3. The second kappa shape index (κ2) is 9.02. The maximum absolute atomic E-state index is 12.6. The molecule has 1 aliphatic rings. The summed E-state index contributed by atoms with van der Waals surface area (Å²) in [7, 11) is 0. The molecule has 1 atom stereocenters. The van der Waals surface area contributed by atoms with Gasteiger partial charge in [-0.05, 0) is 30.9 Å². The summed E-state index contributed by atoms with van der Waals surface area (Å²) in [5, 5.41) is 5.95. The third kappa shape index (κ3) is 5.08. The predicted octanol–water partition coefficient (Wildman–Crippen LogP) is 2.71. The van der Waals surface area contributed by atoms with Crippen molar-refractivity contribution >= 4 is 17.5 Å². The van der Waals surface area contributed by atoms with Crippen molar-refractivity contribution in [3.05, 3.63) is 36.3 Å². The molecule has 0 spiro atoms. The molecule has 6 heteroatoms. The molecule has 2 aromatic heterocycles. The molecule has 2 aromatic rings. The highest BCUT2D eigenvalue weighted by molar-refractivity contribution is 5.88. The number of pyridine rings is 1. The molecule has 2 heterocycles. The van der Waals surface area contributed by atoms with Crippen molar-refractivity contribution in [2.75, 3.05) is 6.54 Å². The van der Waals surface area contributed by atoms with E-state index >= 15 is 0 Å². The summed E-state index contributed by atoms with van der Waals surface area (Å²) >= 11 is 0. The molecule has 0 bridgehead atoms. The molecule has 0 saturated heterocycles. The smallest absolute Gasteiger partial charge is 0.242 e. The van der Waals surface area contributed by atoms with Crippen molar-refractivity contribution in [3.63, 3.8) is 0 Å². The van der Waals surface area contributed by atoms with Gasteiger partial charge in [0.2, 0.25) is 11.8 Å². The standard InChI is InChI=1S/C21H30N4O2/c1-15(2)19(24-20(26)16-8-4-3-5-9-16)21(27)22-12-11-17-14-25-13-7-6-10-18(25)23-17/h6-7,10,13-16,19H,3-5,8-9,11-12H2,1-2H3,(H,22,27)(H,24,26)/t19-/m0/s1. The lowest BCUT2D eigenvalue weighted by atomic mass is 9.88. The summed E-state index contributed by atoms with van der Waals surface area (Å²) in [6, 6.07) is 5.39. The Kier molecular flexibility index (Phi) is 6.48. The fourth-order valence-corrected chi connectivity index (χ4v) is 3.70. The summed E-state index contributed by atoms with van der Waals surface area (Å²) in [5.41, 5.74) is 1.84. The van der Waals surface area contributed by atoms with Crippen LogP contribution in [0.2, 0.25) is 0 Å². The molecule has 1 fully saturated rings. The molecular formula is C21H30N4O2. The summed E-state index contributed by atoms with van der Waals surface area (Å²) in [5.74, 6) is 0.0281. The van der Waals surface area contributed by atoms with E-state index in [1.54, 1.807) is 0 Å². The van der Waals surface area contributed by atoms with Crippen LogP contribution in [0.15, 0.2) is 30.6 Å². The second-order valence-corrected chi connectivity index (χ2v) is 7.80. The lowest BCUT2D eigenvalue weighted by Crippen LogP contribution is -2.51. The topological polar surface area (TPSA) is 75.5 Å². The van der Waals surface area contributed by atoms with E-state index in [2.05, 4.69) is 15.6 Å². The Labute approximate surface area is 160 Å². The molecule has 1 aliphatic carbocycles. The normalized spacial score (nSPS) is 16.4. The van der Waals surface area contributed by atoms with Crippen LogP contribution in [0.5, 0.6) is 0 Å². The summed E-state index contributed by atoms with van der Waals surface area (Å²) in [6.07, 6.45) is 9.89. The van der Waals surface area contributed by atoms with Gasteiger partial charge in [-0.2, -0.15) is 0 Å². The van der Waals surface area contributed by atoms with E-state index in [0.29, 0.717) is 13.0 Å². The van der Waals surface area contributed by atoms with Gasteiger partial charge >= 0.3 is 0 Å². The fourth-order valence-electron chi connectivity index (χ4n) is 3.70. The van der Waals surface area contributed by atoms with Gasteiger partial charge in [0.1, 0.15) is 11.7 Å². The molecule has 0 aliphatic heterocycles. The predicted molar refractivity (Wildman–Crippen MR) is 105 cm³/mol. The quantitative estimate of drug-likeness (QED) is 0.787. The number of fused-ring (bicyclic) bond motifs is 1. The summed E-state index contributed by atoms with van der Waals surface area (Å²) in [4.78, 5) is 29.7. The maximum Gasteiger partial charge on any atom is 0.242 e. The second-order valence-electron chi connectivity index (χ2n) is 7.80. The first-order valence-electron chi connectivity index (χ1n) is 10.1. The summed E-state index contributed by atoms with van der Waals surface area (Å²) in [6.45, 7) is 4.44. The Hall–Kier alpha value is -2.37. The lowest BCUT2D eigenvalue weighted by Gasteiger charge is -2.26. The van der Waals surface area contributed by atoms with E-state index in [9.17, 15) is 9.59 Å². The third-order valence-electron chi connectivity index (χ3n) is 5.32. The number of hydrogen-bond acceptors (Lipinski definition) is 3. The van der Waals surface area contributed by atoms with Crippen LogP contribution in [0.3, 0.4) is 0 Å². The first-order valence-corrected chi connectivity index (χ1v) is 10.1. The molecule has 3 rings (SSSR count). The van der Waals surface area contributed by atoms with Crippen molar-refractivity contribution in [2.24, 2.45) is 11.8 Å². The van der Waals surface area contributed by atoms with E-state index in [0.717, 1.165) is 37.0 Å². The van der Waals surface area contributed by atoms with Crippen LogP contribution in [0.1, 0.15) is 51.6 Å². The molecule has 0 unspecified atom stereocenters. The zero-order chi connectivity index (χ0) is 19.2. The molecule has 27 heavy (non-hydrogen) atoms. The highest BCUT2D eigenvalue weighted by atomic mass is 16.2. The third-order valence-corrected chi connectivity index (χ3v) is 5.32. The monoisotopic (exact) mass is 370 g/mol. The van der Waals surface area contributed by atoms with Crippen LogP contribution < -0.4 is 10.6 Å². The highest BCUT2D eigenvalue weighted by Gasteiger charge is 2.28. The van der Waals surface area contributed by atoms with Gasteiger partial charge in [0.05, 0.1) is 5.69 Å². The van der Waals surface area contributed by atoms with Gasteiger partial charge in [0, 0.05) is 31.3 Å². The number of amides is 2. The van der Waals surface area contributed by atoms with Gasteiger partial charge in [-0.25, -0.2) is 4.98 Å². The minimum atomic E-state index is -0.486. The number of nitrogens with one attached hydrogen (secondary N) is 2. The van der Waals surface area contributed by atoms with Gasteiger partial charge in [0.15, 0.2) is 0 Å². The summed E-state index contributed by atoms with van der Waals surface area (Å²) < 4.78 is 1.97. The van der Waals surface area contributed by atoms with Crippen LogP contribution in [0, 0.1) is 11.8 Å². The van der Waals surface area contributed by atoms with Crippen molar-refractivity contribution in [3.8, 4) is 0 Å². The van der Waals surface area contributed by atoms with Crippen LogP contribution in [0.4, 0.5) is 0 Å². The Morgan fingerprint density at radius 1 is 1.22 bits per heavy atom. The number of hydrogen-bond donors (Lipinski definition) is 2. The first-order chi connectivity index (χ1) is 13.0. The molecular weight excluding hydrogens is 340 g/mol. The van der Waals surface area contributed by atoms with E-state index in [4.69, 9.17) is 0 Å². The SMILES string of the molecule is CC(C)[C@H](NC(=O)C1CCCCC1)C(=O)NCCc1cn2ccccc2n1. The minimum Gasteiger partial charge on any atom is -0.354 e. The van der Waals surface area contributed by atoms with Gasteiger partial charge in [-0.1, -0.05) is 39.2 Å². The molecule has 1 saturated carbocycles. The van der Waals surface area contributed by atoms with E-state index in [1.165, 1.54) is 6.42 Å². The van der Waals surface area contributed by atoms with E-state index in [-0.39, 0.29) is 23.7 Å². The largest absolute Gasteiger partial charge is 0.354 e. The molecule has 0 radical (unpaired) electrons. The fraction of sp³-hybridized carbons (Fsp3) is 0.571. The van der Waals surface area contributed by atoms with Crippen molar-refractivity contribution < 1.29 is 9.59 Å². The van der Waals surface area contributed by atoms with Gasteiger partial charge in [0.25, 0.3) is 0 Å². The van der Waals surface area contributed by atoms with Gasteiger partial charge in [-0.3, -0.25) is 9.59 Å². The average molecular weight is 370 g/mol. The number of aromatic nitrogens is 2. The Morgan fingerprint density at radius 2 is 2.00 bits per heavy atom. The van der Waals surface area contributed by atoms with Crippen molar-refractivity contribution in [2.45, 2.75) is 58.4 Å².